The first kappa shape index (κ1) is 37.0. The summed E-state index contributed by atoms with van der Waals surface area (Å²) in [6, 6.07) is 0. The lowest BCUT2D eigenvalue weighted by molar-refractivity contribution is -0.173. The number of amides is 3. The quantitative estimate of drug-likeness (QED) is 0.104. The smallest absolute Gasteiger partial charge is 0.348 e. The van der Waals surface area contributed by atoms with Gasteiger partial charge in [0.15, 0.2) is 0 Å². The maximum atomic E-state index is 12.7. The molecular weight excluding hydrogens is 528 g/mol. The Hall–Kier alpha value is -2.01. The molecule has 0 heterocycles. The Balaban J connectivity index is 4.25. The second kappa shape index (κ2) is 21.8. The summed E-state index contributed by atoms with van der Waals surface area (Å²) in [5.74, 6) is -4.26. The van der Waals surface area contributed by atoms with Crippen LogP contribution >= 0.6 is 0 Å². The fourth-order valence-corrected chi connectivity index (χ4v) is 4.12. The van der Waals surface area contributed by atoms with E-state index in [2.05, 4.69) is 6.92 Å². The minimum atomic E-state index is -4.98. The van der Waals surface area contributed by atoms with Gasteiger partial charge in [0.2, 0.25) is 5.91 Å². The van der Waals surface area contributed by atoms with Gasteiger partial charge in [0.1, 0.15) is 0 Å². The number of hydrogen-bond acceptors (Lipinski definition) is 3. The Morgan fingerprint density at radius 1 is 0.538 bits per heavy atom. The van der Waals surface area contributed by atoms with Crippen LogP contribution < -0.4 is 10.6 Å². The summed E-state index contributed by atoms with van der Waals surface area (Å²) in [6.45, 7) is 2.05. The van der Waals surface area contributed by atoms with Gasteiger partial charge in [-0.1, -0.05) is 84.0 Å². The van der Waals surface area contributed by atoms with Crippen molar-refractivity contribution in [1.82, 2.24) is 15.5 Å². The molecule has 39 heavy (non-hydrogen) atoms. The molecule has 0 aliphatic carbocycles. The molecule has 12 heteroatoms. The Kier molecular flexibility index (Phi) is 20.6. The fourth-order valence-electron chi connectivity index (χ4n) is 4.12. The molecule has 0 saturated heterocycles. The highest BCUT2D eigenvalue weighted by molar-refractivity contribution is 5.82. The number of carbonyl (C=O) groups excluding carboxylic acids is 3. The number of unbranched alkanes of at least 4 members (excludes halogenated alkanes) is 13. The predicted octanol–water partition coefficient (Wildman–Crippen LogP) is 6.82. The van der Waals surface area contributed by atoms with Crippen LogP contribution in [-0.4, -0.2) is 61.2 Å². The standard InChI is InChI=1S/C27H47F6N3O3/c1-2-3-4-5-6-7-8-9-10-11-12-13-14-18-23(37)36(22-17-20-35-25(39)27(31,32)33)21-16-15-19-34-24(38)26(28,29)30/h2-22H2,1H3,(H,34,38)(H,35,39). The van der Waals surface area contributed by atoms with E-state index in [9.17, 15) is 40.7 Å². The number of hydrogen-bond donors (Lipinski definition) is 2. The van der Waals surface area contributed by atoms with Crippen molar-refractivity contribution in [2.75, 3.05) is 26.2 Å². The summed E-state index contributed by atoms with van der Waals surface area (Å²) in [6.07, 6.45) is 6.08. The van der Waals surface area contributed by atoms with Crippen LogP contribution in [0, 0.1) is 0 Å². The first-order valence-corrected chi connectivity index (χ1v) is 14.4. The van der Waals surface area contributed by atoms with Crippen LogP contribution in [0.2, 0.25) is 0 Å². The minimum absolute atomic E-state index is 0.108. The lowest BCUT2D eigenvalue weighted by atomic mass is 10.0. The highest BCUT2D eigenvalue weighted by Gasteiger charge is 2.38. The normalized spacial score (nSPS) is 11.9. The second-order valence-electron chi connectivity index (χ2n) is 9.94. The van der Waals surface area contributed by atoms with Gasteiger partial charge in [0, 0.05) is 32.6 Å². The number of carbonyl (C=O) groups is 3. The van der Waals surface area contributed by atoms with Gasteiger partial charge in [-0.05, 0) is 25.7 Å². The van der Waals surface area contributed by atoms with E-state index in [-0.39, 0.29) is 51.3 Å². The number of halogens is 6. The number of nitrogens with zero attached hydrogens (tertiary/aromatic N) is 1. The molecular formula is C27H47F6N3O3. The van der Waals surface area contributed by atoms with Gasteiger partial charge in [0.05, 0.1) is 0 Å². The number of nitrogens with one attached hydrogen (secondary N) is 2. The first-order valence-electron chi connectivity index (χ1n) is 14.4. The Labute approximate surface area is 229 Å². The van der Waals surface area contributed by atoms with Gasteiger partial charge in [-0.15, -0.1) is 0 Å². The van der Waals surface area contributed by atoms with E-state index in [1.165, 1.54) is 62.7 Å². The molecule has 0 aromatic heterocycles. The van der Waals surface area contributed by atoms with Crippen molar-refractivity contribution >= 4 is 17.7 Å². The SMILES string of the molecule is CCCCCCCCCCCCCCCC(=O)N(CCCCNC(=O)C(F)(F)F)CCCNC(=O)C(F)(F)F. The molecule has 0 aromatic carbocycles. The Bertz CT molecular complexity index is 672. The van der Waals surface area contributed by atoms with Gasteiger partial charge in [0.25, 0.3) is 0 Å². The lowest BCUT2D eigenvalue weighted by Crippen LogP contribution is -2.39. The molecule has 230 valence electrons. The molecule has 0 bridgehead atoms. The lowest BCUT2D eigenvalue weighted by Gasteiger charge is -2.23. The first-order chi connectivity index (χ1) is 18.4. The molecule has 0 rings (SSSR count). The van der Waals surface area contributed by atoms with E-state index >= 15 is 0 Å². The minimum Gasteiger partial charge on any atom is -0.348 e. The van der Waals surface area contributed by atoms with E-state index in [4.69, 9.17) is 0 Å². The van der Waals surface area contributed by atoms with Crippen LogP contribution in [0.25, 0.3) is 0 Å². The van der Waals surface area contributed by atoms with Gasteiger partial charge >= 0.3 is 24.2 Å². The summed E-state index contributed by atoms with van der Waals surface area (Å²) >= 11 is 0. The maximum Gasteiger partial charge on any atom is 0.471 e. The van der Waals surface area contributed by atoms with Crippen LogP contribution in [0.4, 0.5) is 26.3 Å². The zero-order valence-electron chi connectivity index (χ0n) is 23.3. The van der Waals surface area contributed by atoms with E-state index in [1.807, 2.05) is 0 Å². The molecule has 0 atom stereocenters. The van der Waals surface area contributed by atoms with Gasteiger partial charge in [-0.25, -0.2) is 0 Å². The highest BCUT2D eigenvalue weighted by atomic mass is 19.4. The van der Waals surface area contributed by atoms with Gasteiger partial charge in [-0.2, -0.15) is 26.3 Å². The zero-order chi connectivity index (χ0) is 29.6. The van der Waals surface area contributed by atoms with Gasteiger partial charge < -0.3 is 15.5 Å². The van der Waals surface area contributed by atoms with E-state index in [0.717, 1.165) is 19.3 Å². The monoisotopic (exact) mass is 575 g/mol. The molecule has 3 amide bonds. The topological polar surface area (TPSA) is 78.5 Å². The van der Waals surface area contributed by atoms with Crippen molar-refractivity contribution in [2.24, 2.45) is 0 Å². The Morgan fingerprint density at radius 2 is 0.923 bits per heavy atom. The molecule has 0 spiro atoms. The summed E-state index contributed by atoms with van der Waals surface area (Å²) < 4.78 is 73.7. The molecule has 0 aliphatic rings. The van der Waals surface area contributed by atoms with E-state index < -0.39 is 24.2 Å². The molecule has 6 nitrogen and oxygen atoms in total. The van der Waals surface area contributed by atoms with Gasteiger partial charge in [-0.3, -0.25) is 14.4 Å². The average molecular weight is 576 g/mol. The molecule has 2 N–H and O–H groups in total. The van der Waals surface area contributed by atoms with Crippen LogP contribution in [-0.2, 0) is 14.4 Å². The van der Waals surface area contributed by atoms with Crippen molar-refractivity contribution in [3.8, 4) is 0 Å². The predicted molar refractivity (Wildman–Crippen MR) is 139 cm³/mol. The Morgan fingerprint density at radius 3 is 1.36 bits per heavy atom. The van der Waals surface area contributed by atoms with Crippen molar-refractivity contribution < 1.29 is 40.7 Å². The molecule has 0 radical (unpaired) electrons. The molecule has 0 aliphatic heterocycles. The van der Waals surface area contributed by atoms with Crippen LogP contribution in [0.1, 0.15) is 116 Å². The van der Waals surface area contributed by atoms with Crippen molar-refractivity contribution in [1.29, 1.82) is 0 Å². The number of rotatable bonds is 23. The van der Waals surface area contributed by atoms with Crippen molar-refractivity contribution in [3.63, 3.8) is 0 Å². The summed E-state index contributed by atoms with van der Waals surface area (Å²) in [4.78, 5) is 35.9. The zero-order valence-corrected chi connectivity index (χ0v) is 23.3. The van der Waals surface area contributed by atoms with Crippen LogP contribution in [0.5, 0.6) is 0 Å². The molecule has 0 unspecified atom stereocenters. The van der Waals surface area contributed by atoms with Crippen LogP contribution in [0.15, 0.2) is 0 Å². The highest BCUT2D eigenvalue weighted by Crippen LogP contribution is 2.16. The third-order valence-electron chi connectivity index (χ3n) is 6.39. The summed E-state index contributed by atoms with van der Waals surface area (Å²) in [5.41, 5.74) is 0. The fraction of sp³-hybridized carbons (Fsp3) is 0.889. The third-order valence-corrected chi connectivity index (χ3v) is 6.39. The average Bonchev–Trinajstić information content (AvgIpc) is 2.86. The van der Waals surface area contributed by atoms with Crippen molar-refractivity contribution in [3.05, 3.63) is 0 Å². The number of alkyl halides is 6. The van der Waals surface area contributed by atoms with E-state index in [0.29, 0.717) is 12.8 Å². The van der Waals surface area contributed by atoms with E-state index in [1.54, 1.807) is 10.6 Å². The van der Waals surface area contributed by atoms with Crippen molar-refractivity contribution in [2.45, 2.75) is 128 Å². The largest absolute Gasteiger partial charge is 0.471 e. The second-order valence-corrected chi connectivity index (χ2v) is 9.94. The third kappa shape index (κ3) is 21.5. The van der Waals surface area contributed by atoms with Crippen LogP contribution in [0.3, 0.4) is 0 Å². The molecule has 0 aromatic rings. The maximum absolute atomic E-state index is 12.7. The summed E-state index contributed by atoms with van der Waals surface area (Å²) in [7, 11) is 0. The summed E-state index contributed by atoms with van der Waals surface area (Å²) in [5, 5.41) is 3.52. The molecule has 0 saturated carbocycles. The molecule has 0 fully saturated rings.